The zero-order valence-corrected chi connectivity index (χ0v) is 20.5. The Bertz CT molecular complexity index is 892. The lowest BCUT2D eigenvalue weighted by atomic mass is 10.00. The zero-order valence-electron chi connectivity index (χ0n) is 20.5. The Kier molecular flexibility index (Phi) is 6.68. The fourth-order valence-corrected chi connectivity index (χ4v) is 4.50. The third-order valence-corrected chi connectivity index (χ3v) is 7.32. The molecule has 0 saturated carbocycles. The van der Waals surface area contributed by atoms with Crippen molar-refractivity contribution in [1.29, 1.82) is 0 Å². The van der Waals surface area contributed by atoms with Gasteiger partial charge >= 0.3 is 0 Å². The molecule has 2 aliphatic heterocycles. The second kappa shape index (κ2) is 9.48. The molecule has 0 spiro atoms. The maximum Gasteiger partial charge on any atom is 0.172 e. The number of amidine groups is 2. The standard InChI is InChI=1S/C28H38N4/c1-7-21(5)25-17-31(23-13-9-19(3)10-14-23)27(29-25)28-30-26(22(6)8-2)18-32(28)24-15-11-20(4)12-16-24/h9-16,21-22,25-26H,7-8,17-18H2,1-6H3/t21-,22?,25+,26+/m0/s1. The highest BCUT2D eigenvalue weighted by Crippen LogP contribution is 2.31. The molecule has 2 aromatic rings. The van der Waals surface area contributed by atoms with Crippen LogP contribution in [0.25, 0.3) is 0 Å². The molecule has 4 heteroatoms. The normalized spacial score (nSPS) is 22.7. The summed E-state index contributed by atoms with van der Waals surface area (Å²) in [6, 6.07) is 18.3. The van der Waals surface area contributed by atoms with Gasteiger partial charge in [0.15, 0.2) is 11.7 Å². The molecule has 4 atom stereocenters. The van der Waals surface area contributed by atoms with Crippen molar-refractivity contribution in [3.8, 4) is 0 Å². The molecule has 0 fully saturated rings. The summed E-state index contributed by atoms with van der Waals surface area (Å²) in [5.41, 5.74) is 4.97. The molecule has 0 N–H and O–H groups in total. The van der Waals surface area contributed by atoms with Crippen LogP contribution in [0, 0.1) is 25.7 Å². The molecule has 4 rings (SSSR count). The first kappa shape index (κ1) is 22.6. The molecule has 0 saturated heterocycles. The second-order valence-electron chi connectivity index (χ2n) is 9.70. The third-order valence-electron chi connectivity index (χ3n) is 7.32. The van der Waals surface area contributed by atoms with E-state index in [1.807, 2.05) is 0 Å². The SMILES string of the molecule is CCC(C)[C@H]1CN(c2ccc(C)cc2)C(C2=N[C@@H]([C@@H](C)CC)CN2c2ccc(C)cc2)=N1. The van der Waals surface area contributed by atoms with Crippen molar-refractivity contribution >= 4 is 23.0 Å². The second-order valence-corrected chi connectivity index (χ2v) is 9.70. The maximum absolute atomic E-state index is 5.30. The van der Waals surface area contributed by atoms with Crippen LogP contribution in [-0.2, 0) is 0 Å². The molecular formula is C28H38N4. The highest BCUT2D eigenvalue weighted by molar-refractivity contribution is 6.50. The lowest BCUT2D eigenvalue weighted by Gasteiger charge is -2.27. The van der Waals surface area contributed by atoms with Crippen LogP contribution in [0.5, 0.6) is 0 Å². The average molecular weight is 431 g/mol. The molecule has 0 amide bonds. The zero-order chi connectivity index (χ0) is 22.8. The number of aliphatic imine (C=N–C) groups is 2. The van der Waals surface area contributed by atoms with Gasteiger partial charge in [0.05, 0.1) is 12.1 Å². The lowest BCUT2D eigenvalue weighted by Crippen LogP contribution is -2.42. The van der Waals surface area contributed by atoms with Crippen molar-refractivity contribution < 1.29 is 0 Å². The number of anilines is 2. The summed E-state index contributed by atoms with van der Waals surface area (Å²) in [7, 11) is 0. The van der Waals surface area contributed by atoms with Crippen LogP contribution in [-0.4, -0.2) is 36.8 Å². The van der Waals surface area contributed by atoms with Gasteiger partial charge in [-0.05, 0) is 49.9 Å². The summed E-state index contributed by atoms with van der Waals surface area (Å²) in [4.78, 5) is 15.4. The van der Waals surface area contributed by atoms with E-state index in [2.05, 4.69) is 99.9 Å². The monoisotopic (exact) mass is 430 g/mol. The Morgan fingerprint density at radius 3 is 1.34 bits per heavy atom. The van der Waals surface area contributed by atoms with Gasteiger partial charge in [-0.25, -0.2) is 0 Å². The van der Waals surface area contributed by atoms with Crippen molar-refractivity contribution in [2.24, 2.45) is 21.8 Å². The number of hydrogen-bond donors (Lipinski definition) is 0. The summed E-state index contributed by atoms with van der Waals surface area (Å²) in [6.07, 6.45) is 2.26. The van der Waals surface area contributed by atoms with Gasteiger partial charge < -0.3 is 9.80 Å². The summed E-state index contributed by atoms with van der Waals surface area (Å²) >= 11 is 0. The van der Waals surface area contributed by atoms with Gasteiger partial charge in [0.2, 0.25) is 0 Å². The Morgan fingerprint density at radius 2 is 1.03 bits per heavy atom. The Morgan fingerprint density at radius 1 is 0.688 bits per heavy atom. The lowest BCUT2D eigenvalue weighted by molar-refractivity contribution is 0.465. The molecule has 4 nitrogen and oxygen atoms in total. The van der Waals surface area contributed by atoms with Crippen molar-refractivity contribution in [2.75, 3.05) is 22.9 Å². The van der Waals surface area contributed by atoms with Crippen LogP contribution in [0.15, 0.2) is 58.5 Å². The fourth-order valence-electron chi connectivity index (χ4n) is 4.50. The van der Waals surface area contributed by atoms with Crippen LogP contribution < -0.4 is 9.80 Å². The van der Waals surface area contributed by atoms with Gasteiger partial charge in [-0.2, -0.15) is 0 Å². The van der Waals surface area contributed by atoms with Crippen molar-refractivity contribution in [3.05, 3.63) is 59.7 Å². The van der Waals surface area contributed by atoms with E-state index in [1.165, 1.54) is 22.5 Å². The van der Waals surface area contributed by atoms with Crippen LogP contribution in [0.4, 0.5) is 11.4 Å². The third kappa shape index (κ3) is 4.46. The van der Waals surface area contributed by atoms with E-state index in [0.717, 1.165) is 37.6 Å². The maximum atomic E-state index is 5.30. The van der Waals surface area contributed by atoms with E-state index < -0.39 is 0 Å². The fraction of sp³-hybridized carbons (Fsp3) is 0.500. The molecule has 2 aromatic carbocycles. The molecule has 0 aliphatic carbocycles. The Labute approximate surface area is 194 Å². The van der Waals surface area contributed by atoms with Crippen molar-refractivity contribution in [2.45, 2.75) is 66.5 Å². The Balaban J connectivity index is 1.77. The van der Waals surface area contributed by atoms with Gasteiger partial charge in [0, 0.05) is 24.5 Å². The summed E-state index contributed by atoms with van der Waals surface area (Å²) in [5, 5.41) is 0. The summed E-state index contributed by atoms with van der Waals surface area (Å²) in [5.74, 6) is 3.15. The van der Waals surface area contributed by atoms with Crippen LogP contribution in [0.2, 0.25) is 0 Å². The minimum absolute atomic E-state index is 0.293. The minimum atomic E-state index is 0.293. The first-order chi connectivity index (χ1) is 15.4. The van der Waals surface area contributed by atoms with E-state index >= 15 is 0 Å². The minimum Gasteiger partial charge on any atom is -0.321 e. The van der Waals surface area contributed by atoms with Gasteiger partial charge in [-0.3, -0.25) is 9.98 Å². The van der Waals surface area contributed by atoms with Crippen LogP contribution in [0.1, 0.15) is 51.7 Å². The summed E-state index contributed by atoms with van der Waals surface area (Å²) in [6.45, 7) is 15.3. The number of aryl methyl sites for hydroxylation is 2. The predicted octanol–water partition coefficient (Wildman–Crippen LogP) is 6.27. The van der Waals surface area contributed by atoms with E-state index in [-0.39, 0.29) is 0 Å². The van der Waals surface area contributed by atoms with Crippen molar-refractivity contribution in [3.63, 3.8) is 0 Å². The average Bonchev–Trinajstić information content (AvgIpc) is 3.44. The molecule has 170 valence electrons. The number of hydrogen-bond acceptors (Lipinski definition) is 4. The van der Waals surface area contributed by atoms with E-state index in [4.69, 9.17) is 9.98 Å². The molecule has 32 heavy (non-hydrogen) atoms. The molecule has 0 radical (unpaired) electrons. The molecule has 2 heterocycles. The van der Waals surface area contributed by atoms with Crippen molar-refractivity contribution in [1.82, 2.24) is 0 Å². The molecule has 0 aromatic heterocycles. The number of benzene rings is 2. The predicted molar refractivity (Wildman–Crippen MR) is 138 cm³/mol. The molecular weight excluding hydrogens is 392 g/mol. The summed E-state index contributed by atoms with van der Waals surface area (Å²) < 4.78 is 0. The largest absolute Gasteiger partial charge is 0.321 e. The van der Waals surface area contributed by atoms with Gasteiger partial charge in [0.25, 0.3) is 0 Å². The van der Waals surface area contributed by atoms with E-state index in [1.54, 1.807) is 0 Å². The van der Waals surface area contributed by atoms with E-state index in [0.29, 0.717) is 23.9 Å². The molecule has 0 bridgehead atoms. The highest BCUT2D eigenvalue weighted by Gasteiger charge is 2.38. The first-order valence-corrected chi connectivity index (χ1v) is 12.3. The first-order valence-electron chi connectivity index (χ1n) is 12.3. The smallest absolute Gasteiger partial charge is 0.172 e. The van der Waals surface area contributed by atoms with Gasteiger partial charge in [0.1, 0.15) is 0 Å². The number of rotatable bonds is 7. The molecule has 2 aliphatic rings. The Hall–Kier alpha value is -2.62. The quantitative estimate of drug-likeness (QED) is 0.518. The van der Waals surface area contributed by atoms with Gasteiger partial charge in [-0.15, -0.1) is 0 Å². The number of nitrogens with zero attached hydrogens (tertiary/aromatic N) is 4. The highest BCUT2D eigenvalue weighted by atomic mass is 15.4. The molecule has 1 unspecified atom stereocenters. The van der Waals surface area contributed by atoms with Gasteiger partial charge in [-0.1, -0.05) is 75.9 Å². The van der Waals surface area contributed by atoms with Crippen LogP contribution >= 0.6 is 0 Å². The van der Waals surface area contributed by atoms with Crippen LogP contribution in [0.3, 0.4) is 0 Å². The van der Waals surface area contributed by atoms with E-state index in [9.17, 15) is 0 Å². The topological polar surface area (TPSA) is 31.2 Å².